The zero-order valence-corrected chi connectivity index (χ0v) is 17.9. The van der Waals surface area contributed by atoms with Gasteiger partial charge in [-0.2, -0.15) is 0 Å². The Bertz CT molecular complexity index is 537. The molecule has 0 aromatic carbocycles. The maximum Gasteiger partial charge on any atom is 0.253 e. The predicted octanol–water partition coefficient (Wildman–Crippen LogP) is 3.52. The molecule has 1 heterocycles. The van der Waals surface area contributed by atoms with Crippen LogP contribution in [-0.4, -0.2) is 60.3 Å². The molecule has 6 heteroatoms. The van der Waals surface area contributed by atoms with Crippen LogP contribution in [0.15, 0.2) is 18.3 Å². The third-order valence-electron chi connectivity index (χ3n) is 4.25. The summed E-state index contributed by atoms with van der Waals surface area (Å²) in [7, 11) is 0. The maximum absolute atomic E-state index is 12.3. The predicted molar refractivity (Wildman–Crippen MR) is 109 cm³/mol. The van der Waals surface area contributed by atoms with E-state index in [4.69, 9.17) is 9.47 Å². The van der Waals surface area contributed by atoms with Gasteiger partial charge in [0.2, 0.25) is 5.88 Å². The molecule has 0 saturated carbocycles. The molecule has 27 heavy (non-hydrogen) atoms. The minimum Gasteiger partial charge on any atom is -0.475 e. The Morgan fingerprint density at radius 1 is 1.22 bits per heavy atom. The molecule has 1 aromatic rings. The summed E-state index contributed by atoms with van der Waals surface area (Å²) in [4.78, 5) is 18.9. The summed E-state index contributed by atoms with van der Waals surface area (Å²) in [6.07, 6.45) is 3.59. The zero-order valence-electron chi connectivity index (χ0n) is 17.9. The van der Waals surface area contributed by atoms with Gasteiger partial charge in [0.05, 0.1) is 17.8 Å². The van der Waals surface area contributed by atoms with Crippen molar-refractivity contribution in [2.24, 2.45) is 0 Å². The molecule has 0 aliphatic heterocycles. The molecule has 154 valence electrons. The second-order valence-corrected chi connectivity index (χ2v) is 7.74. The van der Waals surface area contributed by atoms with E-state index in [2.05, 4.69) is 29.0 Å². The molecular weight excluding hydrogens is 342 g/mol. The van der Waals surface area contributed by atoms with E-state index in [1.807, 2.05) is 27.7 Å². The van der Waals surface area contributed by atoms with E-state index in [1.165, 1.54) is 0 Å². The van der Waals surface area contributed by atoms with E-state index in [-0.39, 0.29) is 17.6 Å². The standard InChI is InChI=1S/C21H37N3O3/c1-7-24(8-2)13-9-10-17(3)23-20(25)18-11-12-19(22-16-18)26-14-15-27-21(4,5)6/h11-12,16-17H,7-10,13-15H2,1-6H3,(H,23,25). The number of nitrogens with zero attached hydrogens (tertiary/aromatic N) is 2. The number of nitrogens with one attached hydrogen (secondary N) is 1. The first-order valence-corrected chi connectivity index (χ1v) is 10.0. The molecule has 0 fully saturated rings. The van der Waals surface area contributed by atoms with E-state index in [0.717, 1.165) is 32.5 Å². The van der Waals surface area contributed by atoms with Crippen LogP contribution < -0.4 is 10.1 Å². The van der Waals surface area contributed by atoms with E-state index in [9.17, 15) is 4.79 Å². The van der Waals surface area contributed by atoms with Crippen molar-refractivity contribution in [1.82, 2.24) is 15.2 Å². The number of ether oxygens (including phenoxy) is 2. The van der Waals surface area contributed by atoms with Gasteiger partial charge in [0.25, 0.3) is 5.91 Å². The van der Waals surface area contributed by atoms with Gasteiger partial charge >= 0.3 is 0 Å². The number of pyridine rings is 1. The smallest absolute Gasteiger partial charge is 0.253 e. The van der Waals surface area contributed by atoms with Gasteiger partial charge in [0.1, 0.15) is 6.61 Å². The lowest BCUT2D eigenvalue weighted by molar-refractivity contribution is -0.0168. The van der Waals surface area contributed by atoms with Crippen LogP contribution in [0.1, 0.15) is 64.7 Å². The van der Waals surface area contributed by atoms with Crippen molar-refractivity contribution in [1.29, 1.82) is 0 Å². The summed E-state index contributed by atoms with van der Waals surface area (Å²) in [6, 6.07) is 3.60. The van der Waals surface area contributed by atoms with Crippen LogP contribution in [-0.2, 0) is 4.74 Å². The van der Waals surface area contributed by atoms with Gasteiger partial charge < -0.3 is 19.7 Å². The first-order chi connectivity index (χ1) is 12.7. The summed E-state index contributed by atoms with van der Waals surface area (Å²) in [5.41, 5.74) is 0.365. The molecule has 1 rings (SSSR count). The van der Waals surface area contributed by atoms with Gasteiger partial charge in [0.15, 0.2) is 0 Å². The second kappa shape index (κ2) is 11.9. The average Bonchev–Trinajstić information content (AvgIpc) is 2.62. The van der Waals surface area contributed by atoms with Crippen molar-refractivity contribution in [3.63, 3.8) is 0 Å². The fraction of sp³-hybridized carbons (Fsp3) is 0.714. The van der Waals surface area contributed by atoms with Gasteiger partial charge in [-0.25, -0.2) is 4.98 Å². The van der Waals surface area contributed by atoms with Crippen molar-refractivity contribution in [3.8, 4) is 5.88 Å². The van der Waals surface area contributed by atoms with Crippen LogP contribution in [0.2, 0.25) is 0 Å². The van der Waals surface area contributed by atoms with Crippen LogP contribution in [0.5, 0.6) is 5.88 Å². The summed E-state index contributed by atoms with van der Waals surface area (Å²) in [5.74, 6) is 0.400. The largest absolute Gasteiger partial charge is 0.475 e. The molecular formula is C21H37N3O3. The fourth-order valence-corrected chi connectivity index (χ4v) is 2.63. The quantitative estimate of drug-likeness (QED) is 0.563. The lowest BCUT2D eigenvalue weighted by atomic mass is 10.1. The highest BCUT2D eigenvalue weighted by atomic mass is 16.5. The highest BCUT2D eigenvalue weighted by Crippen LogP contribution is 2.10. The normalized spacial score (nSPS) is 12.9. The molecule has 0 bridgehead atoms. The SMILES string of the molecule is CCN(CC)CCCC(C)NC(=O)c1ccc(OCCOC(C)(C)C)nc1. The van der Waals surface area contributed by atoms with Crippen molar-refractivity contribution in [3.05, 3.63) is 23.9 Å². The van der Waals surface area contributed by atoms with Crippen LogP contribution in [0.25, 0.3) is 0 Å². The summed E-state index contributed by atoms with van der Waals surface area (Å²) in [6.45, 7) is 16.5. The second-order valence-electron chi connectivity index (χ2n) is 7.74. The number of hydrogen-bond acceptors (Lipinski definition) is 5. The van der Waals surface area contributed by atoms with E-state index >= 15 is 0 Å². The van der Waals surface area contributed by atoms with E-state index < -0.39 is 0 Å². The van der Waals surface area contributed by atoms with Crippen LogP contribution in [0.4, 0.5) is 0 Å². The summed E-state index contributed by atoms with van der Waals surface area (Å²) in [5, 5.41) is 3.04. The minimum atomic E-state index is -0.180. The Morgan fingerprint density at radius 3 is 2.48 bits per heavy atom. The maximum atomic E-state index is 12.3. The molecule has 1 unspecified atom stereocenters. The molecule has 0 saturated heterocycles. The van der Waals surface area contributed by atoms with Crippen LogP contribution >= 0.6 is 0 Å². The Kier molecular flexibility index (Phi) is 10.3. The number of rotatable bonds is 12. The lowest BCUT2D eigenvalue weighted by Gasteiger charge is -2.20. The molecule has 0 aliphatic carbocycles. The molecule has 1 aromatic heterocycles. The highest BCUT2D eigenvalue weighted by molar-refractivity contribution is 5.94. The van der Waals surface area contributed by atoms with Gasteiger partial charge in [0, 0.05) is 18.3 Å². The third-order valence-corrected chi connectivity index (χ3v) is 4.25. The fourth-order valence-electron chi connectivity index (χ4n) is 2.63. The molecule has 0 aliphatic rings. The monoisotopic (exact) mass is 379 g/mol. The van der Waals surface area contributed by atoms with Crippen molar-refractivity contribution in [2.75, 3.05) is 32.8 Å². The Balaban J connectivity index is 2.34. The summed E-state index contributed by atoms with van der Waals surface area (Å²) < 4.78 is 11.1. The number of hydrogen-bond donors (Lipinski definition) is 1. The van der Waals surface area contributed by atoms with E-state index in [0.29, 0.717) is 24.7 Å². The summed E-state index contributed by atoms with van der Waals surface area (Å²) >= 11 is 0. The van der Waals surface area contributed by atoms with Gasteiger partial charge in [-0.3, -0.25) is 4.79 Å². The Morgan fingerprint density at radius 2 is 1.93 bits per heavy atom. The molecule has 1 amide bonds. The van der Waals surface area contributed by atoms with Crippen LogP contribution in [0.3, 0.4) is 0 Å². The van der Waals surface area contributed by atoms with Crippen molar-refractivity contribution in [2.45, 2.75) is 66.0 Å². The number of aromatic nitrogens is 1. The lowest BCUT2D eigenvalue weighted by Crippen LogP contribution is -2.33. The molecule has 1 N–H and O–H groups in total. The van der Waals surface area contributed by atoms with E-state index in [1.54, 1.807) is 18.3 Å². The molecule has 1 atom stereocenters. The van der Waals surface area contributed by atoms with Gasteiger partial charge in [-0.1, -0.05) is 13.8 Å². The zero-order chi connectivity index (χ0) is 20.3. The number of carbonyl (C=O) groups excluding carboxylic acids is 1. The Labute approximate surface area is 164 Å². The topological polar surface area (TPSA) is 63.7 Å². The first-order valence-electron chi connectivity index (χ1n) is 10.0. The highest BCUT2D eigenvalue weighted by Gasteiger charge is 2.12. The average molecular weight is 380 g/mol. The van der Waals surface area contributed by atoms with Gasteiger partial charge in [-0.05, 0) is 66.2 Å². The van der Waals surface area contributed by atoms with Crippen molar-refractivity contribution >= 4 is 5.91 Å². The number of carbonyl (C=O) groups is 1. The van der Waals surface area contributed by atoms with Gasteiger partial charge in [-0.15, -0.1) is 0 Å². The minimum absolute atomic E-state index is 0.0968. The molecule has 0 spiro atoms. The number of amides is 1. The van der Waals surface area contributed by atoms with Crippen LogP contribution in [0, 0.1) is 0 Å². The first kappa shape index (κ1) is 23.4. The molecule has 0 radical (unpaired) electrons. The van der Waals surface area contributed by atoms with Crippen molar-refractivity contribution < 1.29 is 14.3 Å². The Hall–Kier alpha value is -1.66. The molecule has 6 nitrogen and oxygen atoms in total. The third kappa shape index (κ3) is 10.3.